The number of likely N-dealkylation sites (N-methyl/N-ethyl adjacent to an activating group) is 1. The molecule has 0 aromatic rings. The summed E-state index contributed by atoms with van der Waals surface area (Å²) in [5.74, 6) is 0.991. The minimum Gasteiger partial charge on any atom is -0.370 e. The third kappa shape index (κ3) is 1.29. The van der Waals surface area contributed by atoms with Crippen molar-refractivity contribution < 1.29 is 0 Å². The summed E-state index contributed by atoms with van der Waals surface area (Å²) < 4.78 is 0. The Labute approximate surface area is 73.8 Å². The highest BCUT2D eigenvalue weighted by Gasteiger charge is 2.37. The van der Waals surface area contributed by atoms with E-state index in [-0.39, 0.29) is 5.54 Å². The lowest BCUT2D eigenvalue weighted by molar-refractivity contribution is 0.173. The normalized spacial score (nSPS) is 36.6. The van der Waals surface area contributed by atoms with Crippen molar-refractivity contribution in [2.45, 2.75) is 18.4 Å². The van der Waals surface area contributed by atoms with Gasteiger partial charge < -0.3 is 15.5 Å². The van der Waals surface area contributed by atoms with E-state index in [0.29, 0.717) is 0 Å². The third-order valence-corrected chi connectivity index (χ3v) is 2.82. The molecule has 2 saturated heterocycles. The summed E-state index contributed by atoms with van der Waals surface area (Å²) in [4.78, 5) is 2.39. The van der Waals surface area contributed by atoms with Crippen LogP contribution in [0.1, 0.15) is 12.8 Å². The minimum absolute atomic E-state index is 0.282. The van der Waals surface area contributed by atoms with Gasteiger partial charge in [0.25, 0.3) is 0 Å². The zero-order valence-electron chi connectivity index (χ0n) is 7.69. The van der Waals surface area contributed by atoms with E-state index >= 15 is 0 Å². The van der Waals surface area contributed by atoms with Crippen molar-refractivity contribution in [1.29, 1.82) is 0 Å². The molecule has 3 heteroatoms. The van der Waals surface area contributed by atoms with Gasteiger partial charge in [0.15, 0.2) is 0 Å². The number of piperidine rings is 1. The Kier molecular flexibility index (Phi) is 1.76. The zero-order chi connectivity index (χ0) is 8.60. The van der Waals surface area contributed by atoms with Crippen molar-refractivity contribution in [2.24, 2.45) is 0 Å². The second kappa shape index (κ2) is 2.66. The Morgan fingerprint density at radius 1 is 1.58 bits per heavy atom. The molecular weight excluding hydrogens is 150 g/mol. The molecule has 0 saturated carbocycles. The van der Waals surface area contributed by atoms with E-state index in [1.54, 1.807) is 0 Å². The fraction of sp³-hybridized carbons (Fsp3) is 0.778. The molecular formula is C9H17N3. The van der Waals surface area contributed by atoms with Gasteiger partial charge in [-0.3, -0.25) is 0 Å². The van der Waals surface area contributed by atoms with Crippen LogP contribution in [0.25, 0.3) is 0 Å². The Balaban J connectivity index is 2.05. The molecule has 0 aromatic heterocycles. The van der Waals surface area contributed by atoms with Gasteiger partial charge in [-0.1, -0.05) is 6.58 Å². The van der Waals surface area contributed by atoms with Crippen LogP contribution in [0.3, 0.4) is 0 Å². The van der Waals surface area contributed by atoms with E-state index in [9.17, 15) is 0 Å². The fourth-order valence-corrected chi connectivity index (χ4v) is 2.29. The van der Waals surface area contributed by atoms with Gasteiger partial charge >= 0.3 is 0 Å². The van der Waals surface area contributed by atoms with E-state index < -0.39 is 0 Å². The van der Waals surface area contributed by atoms with Gasteiger partial charge in [0.2, 0.25) is 0 Å². The molecule has 2 heterocycles. The number of hydrogen-bond donors (Lipinski definition) is 2. The first kappa shape index (κ1) is 7.92. The van der Waals surface area contributed by atoms with Gasteiger partial charge in [-0.25, -0.2) is 0 Å². The Bertz CT molecular complexity index is 202. The molecule has 2 rings (SSSR count). The van der Waals surface area contributed by atoms with Crippen molar-refractivity contribution in [1.82, 2.24) is 15.5 Å². The number of rotatable bonds is 0. The van der Waals surface area contributed by atoms with Crippen molar-refractivity contribution >= 4 is 0 Å². The molecule has 2 fully saturated rings. The molecule has 0 aliphatic carbocycles. The van der Waals surface area contributed by atoms with Crippen molar-refractivity contribution in [3.63, 3.8) is 0 Å². The van der Waals surface area contributed by atoms with Crippen LogP contribution in [0.4, 0.5) is 0 Å². The maximum atomic E-state index is 3.89. The van der Waals surface area contributed by atoms with E-state index in [0.717, 1.165) is 18.9 Å². The second-order valence-corrected chi connectivity index (χ2v) is 4.08. The number of hydrogen-bond acceptors (Lipinski definition) is 3. The van der Waals surface area contributed by atoms with Gasteiger partial charge in [-0.2, -0.15) is 0 Å². The summed E-state index contributed by atoms with van der Waals surface area (Å²) in [7, 11) is 2.18. The fourth-order valence-electron chi connectivity index (χ4n) is 2.29. The lowest BCUT2D eigenvalue weighted by Gasteiger charge is -2.38. The van der Waals surface area contributed by atoms with Gasteiger partial charge in [0.05, 0.1) is 11.4 Å². The predicted octanol–water partition coefficient (Wildman–Crippen LogP) is 0.115. The third-order valence-electron chi connectivity index (χ3n) is 2.82. The molecule has 1 unspecified atom stereocenters. The summed E-state index contributed by atoms with van der Waals surface area (Å²) >= 11 is 0. The first-order valence-electron chi connectivity index (χ1n) is 4.60. The highest BCUT2D eigenvalue weighted by Crippen LogP contribution is 2.23. The zero-order valence-corrected chi connectivity index (χ0v) is 7.69. The molecule has 0 aromatic carbocycles. The molecule has 2 N–H and O–H groups in total. The van der Waals surface area contributed by atoms with Crippen LogP contribution in [0.5, 0.6) is 0 Å². The van der Waals surface area contributed by atoms with Crippen LogP contribution < -0.4 is 10.6 Å². The standard InChI is InChI=1S/C9H17N3/c1-8-10-6-9(11-8)4-3-5-12(2)7-9/h10-11H,1,3-7H2,2H3. The van der Waals surface area contributed by atoms with Crippen molar-refractivity contribution in [2.75, 3.05) is 26.7 Å². The number of nitrogens with zero attached hydrogens (tertiary/aromatic N) is 1. The summed E-state index contributed by atoms with van der Waals surface area (Å²) in [6.07, 6.45) is 2.56. The van der Waals surface area contributed by atoms with E-state index in [2.05, 4.69) is 29.2 Å². The van der Waals surface area contributed by atoms with Gasteiger partial charge in [0.1, 0.15) is 0 Å². The molecule has 68 valence electrons. The molecule has 0 radical (unpaired) electrons. The average Bonchev–Trinajstić information content (AvgIpc) is 2.32. The molecule has 3 nitrogen and oxygen atoms in total. The molecule has 1 spiro atoms. The van der Waals surface area contributed by atoms with Crippen LogP contribution >= 0.6 is 0 Å². The minimum atomic E-state index is 0.282. The van der Waals surface area contributed by atoms with E-state index in [1.807, 2.05) is 0 Å². The Morgan fingerprint density at radius 3 is 3.00 bits per heavy atom. The first-order chi connectivity index (χ1) is 5.70. The van der Waals surface area contributed by atoms with E-state index in [4.69, 9.17) is 0 Å². The van der Waals surface area contributed by atoms with Gasteiger partial charge in [-0.05, 0) is 26.4 Å². The summed E-state index contributed by atoms with van der Waals surface area (Å²) in [5, 5.41) is 6.72. The van der Waals surface area contributed by atoms with Crippen LogP contribution in [0.2, 0.25) is 0 Å². The lowest BCUT2D eigenvalue weighted by atomic mass is 9.90. The van der Waals surface area contributed by atoms with Gasteiger partial charge in [-0.15, -0.1) is 0 Å². The maximum Gasteiger partial charge on any atom is 0.0918 e. The van der Waals surface area contributed by atoms with Gasteiger partial charge in [0, 0.05) is 13.1 Å². The summed E-state index contributed by atoms with van der Waals surface area (Å²) in [6.45, 7) is 7.30. The first-order valence-corrected chi connectivity index (χ1v) is 4.60. The maximum absolute atomic E-state index is 3.89. The Morgan fingerprint density at radius 2 is 2.42 bits per heavy atom. The molecule has 12 heavy (non-hydrogen) atoms. The topological polar surface area (TPSA) is 27.3 Å². The SMILES string of the molecule is C=C1NCC2(CCCN(C)C2)N1. The molecule has 2 aliphatic rings. The van der Waals surface area contributed by atoms with Crippen LogP contribution in [0, 0.1) is 0 Å². The second-order valence-electron chi connectivity index (χ2n) is 4.08. The highest BCUT2D eigenvalue weighted by atomic mass is 15.3. The van der Waals surface area contributed by atoms with Crippen LogP contribution in [0.15, 0.2) is 12.4 Å². The molecule has 0 amide bonds. The number of nitrogens with one attached hydrogen (secondary N) is 2. The summed E-state index contributed by atoms with van der Waals surface area (Å²) in [6, 6.07) is 0. The van der Waals surface area contributed by atoms with Crippen molar-refractivity contribution in [3.8, 4) is 0 Å². The van der Waals surface area contributed by atoms with Crippen LogP contribution in [-0.2, 0) is 0 Å². The number of likely N-dealkylation sites (tertiary alicyclic amines) is 1. The quantitative estimate of drug-likeness (QED) is 0.536. The van der Waals surface area contributed by atoms with Crippen LogP contribution in [-0.4, -0.2) is 37.1 Å². The van der Waals surface area contributed by atoms with Crippen molar-refractivity contribution in [3.05, 3.63) is 12.4 Å². The molecule has 2 aliphatic heterocycles. The predicted molar refractivity (Wildman–Crippen MR) is 49.7 cm³/mol. The lowest BCUT2D eigenvalue weighted by Crippen LogP contribution is -2.54. The van der Waals surface area contributed by atoms with E-state index in [1.165, 1.54) is 19.4 Å². The Hall–Kier alpha value is -0.700. The largest absolute Gasteiger partial charge is 0.370 e. The molecule has 0 bridgehead atoms. The average molecular weight is 167 g/mol. The summed E-state index contributed by atoms with van der Waals surface area (Å²) in [5.41, 5.74) is 0.282. The monoisotopic (exact) mass is 167 g/mol. The smallest absolute Gasteiger partial charge is 0.0918 e. The highest BCUT2D eigenvalue weighted by molar-refractivity contribution is 5.11. The molecule has 1 atom stereocenters.